The van der Waals surface area contributed by atoms with Crippen LogP contribution in [0.3, 0.4) is 0 Å². The van der Waals surface area contributed by atoms with E-state index in [1.54, 1.807) is 16.4 Å². The molecule has 0 atom stereocenters. The fourth-order valence-electron chi connectivity index (χ4n) is 2.98. The molecule has 0 saturated carbocycles. The summed E-state index contributed by atoms with van der Waals surface area (Å²) >= 11 is 7.93. The molecule has 0 fully saturated rings. The van der Waals surface area contributed by atoms with Gasteiger partial charge < -0.3 is 9.47 Å². The molecule has 3 aromatic rings. The van der Waals surface area contributed by atoms with Gasteiger partial charge in [0.15, 0.2) is 11.5 Å². The van der Waals surface area contributed by atoms with E-state index in [2.05, 4.69) is 41.5 Å². The largest absolute Gasteiger partial charge is 0.489 e. The summed E-state index contributed by atoms with van der Waals surface area (Å²) in [6.07, 6.45) is 0.847. The molecule has 140 valence electrons. The molecule has 0 saturated heterocycles. The summed E-state index contributed by atoms with van der Waals surface area (Å²) in [5, 5.41) is 13.5. The Kier molecular flexibility index (Phi) is 5.22. The van der Waals surface area contributed by atoms with Gasteiger partial charge in [-0.15, -0.1) is 5.10 Å². The van der Waals surface area contributed by atoms with E-state index >= 15 is 0 Å². The van der Waals surface area contributed by atoms with Crippen molar-refractivity contribution < 1.29 is 9.47 Å². The first kappa shape index (κ1) is 18.1. The molecule has 1 aromatic heterocycles. The maximum atomic E-state index is 6.38. The molecule has 2 heterocycles. The highest BCUT2D eigenvalue weighted by Crippen LogP contribution is 2.39. The molecule has 0 radical (unpaired) electrons. The van der Waals surface area contributed by atoms with E-state index < -0.39 is 0 Å². The molecular weight excluding hydrogens is 384 g/mol. The lowest BCUT2D eigenvalue weighted by Crippen LogP contribution is -2.02. The van der Waals surface area contributed by atoms with Crippen LogP contribution in [0, 0.1) is 13.8 Å². The van der Waals surface area contributed by atoms with Crippen molar-refractivity contribution in [3.63, 3.8) is 0 Å². The van der Waals surface area contributed by atoms with Gasteiger partial charge >= 0.3 is 0 Å². The number of rotatable bonds is 4. The predicted octanol–water partition coefficient (Wildman–Crippen LogP) is 4.39. The summed E-state index contributed by atoms with van der Waals surface area (Å²) in [4.78, 5) is 0. The Balaban J connectivity index is 1.56. The molecular formula is C19H19ClN4O2S. The van der Waals surface area contributed by atoms with Crippen molar-refractivity contribution in [2.24, 2.45) is 0 Å². The first-order chi connectivity index (χ1) is 13.1. The summed E-state index contributed by atoms with van der Waals surface area (Å²) in [7, 11) is 0. The molecule has 0 amide bonds. The number of halogens is 1. The maximum Gasteiger partial charge on any atom is 0.214 e. The van der Waals surface area contributed by atoms with E-state index in [-0.39, 0.29) is 0 Å². The molecule has 8 heteroatoms. The minimum Gasteiger partial charge on any atom is -0.489 e. The minimum atomic E-state index is 0.568. The second-order valence-corrected chi connectivity index (χ2v) is 7.76. The molecule has 2 aromatic carbocycles. The number of aryl methyl sites for hydroxylation is 2. The van der Waals surface area contributed by atoms with Gasteiger partial charge in [0, 0.05) is 12.2 Å². The Morgan fingerprint density at radius 3 is 2.85 bits per heavy atom. The zero-order chi connectivity index (χ0) is 18.8. The van der Waals surface area contributed by atoms with Crippen LogP contribution in [-0.4, -0.2) is 33.4 Å². The summed E-state index contributed by atoms with van der Waals surface area (Å²) in [6.45, 7) is 5.37. The van der Waals surface area contributed by atoms with Crippen LogP contribution in [0.2, 0.25) is 5.02 Å². The highest BCUT2D eigenvalue weighted by atomic mass is 35.5. The van der Waals surface area contributed by atoms with Crippen molar-refractivity contribution in [2.45, 2.75) is 31.2 Å². The zero-order valence-electron chi connectivity index (χ0n) is 15.1. The monoisotopic (exact) mass is 402 g/mol. The number of tetrazole rings is 1. The van der Waals surface area contributed by atoms with Gasteiger partial charge in [-0.3, -0.25) is 0 Å². The van der Waals surface area contributed by atoms with Crippen LogP contribution in [0.15, 0.2) is 35.5 Å². The zero-order valence-corrected chi connectivity index (χ0v) is 16.7. The molecule has 1 aliphatic heterocycles. The fourth-order valence-corrected chi connectivity index (χ4v) is 4.08. The number of hydrogen-bond donors (Lipinski definition) is 0. The van der Waals surface area contributed by atoms with Crippen LogP contribution in [-0.2, 0) is 5.75 Å². The number of nitrogens with zero attached hydrogens (tertiary/aromatic N) is 4. The van der Waals surface area contributed by atoms with Gasteiger partial charge in [-0.05, 0) is 53.6 Å². The van der Waals surface area contributed by atoms with Gasteiger partial charge in [-0.25, -0.2) is 0 Å². The third-order valence-corrected chi connectivity index (χ3v) is 5.52. The predicted molar refractivity (Wildman–Crippen MR) is 105 cm³/mol. The summed E-state index contributed by atoms with van der Waals surface area (Å²) in [5.74, 6) is 1.99. The van der Waals surface area contributed by atoms with E-state index in [0.29, 0.717) is 35.5 Å². The van der Waals surface area contributed by atoms with Crippen molar-refractivity contribution in [3.05, 3.63) is 52.0 Å². The van der Waals surface area contributed by atoms with Gasteiger partial charge in [-0.1, -0.05) is 41.1 Å². The second kappa shape index (κ2) is 7.78. The first-order valence-corrected chi connectivity index (χ1v) is 10.0. The highest BCUT2D eigenvalue weighted by molar-refractivity contribution is 7.98. The minimum absolute atomic E-state index is 0.568. The Morgan fingerprint density at radius 1 is 1.15 bits per heavy atom. The summed E-state index contributed by atoms with van der Waals surface area (Å²) in [6, 6.07) is 10.1. The summed E-state index contributed by atoms with van der Waals surface area (Å²) in [5.41, 5.74) is 4.34. The van der Waals surface area contributed by atoms with Crippen LogP contribution in [0.5, 0.6) is 11.5 Å². The van der Waals surface area contributed by atoms with Crippen molar-refractivity contribution >= 4 is 23.4 Å². The van der Waals surface area contributed by atoms with Gasteiger partial charge in [0.2, 0.25) is 5.16 Å². The smallest absolute Gasteiger partial charge is 0.214 e. The topological polar surface area (TPSA) is 62.1 Å². The van der Waals surface area contributed by atoms with E-state index in [4.69, 9.17) is 21.1 Å². The van der Waals surface area contributed by atoms with Crippen LogP contribution in [0.1, 0.15) is 23.1 Å². The maximum absolute atomic E-state index is 6.38. The van der Waals surface area contributed by atoms with Crippen molar-refractivity contribution in [1.29, 1.82) is 0 Å². The van der Waals surface area contributed by atoms with Gasteiger partial charge in [-0.2, -0.15) is 4.68 Å². The van der Waals surface area contributed by atoms with Crippen LogP contribution in [0.25, 0.3) is 5.69 Å². The fraction of sp³-hybridized carbons (Fsp3) is 0.316. The molecule has 0 spiro atoms. The molecule has 6 nitrogen and oxygen atoms in total. The Labute approximate surface area is 166 Å². The standard InChI is InChI=1S/C19H19ClN4O2S/c1-12-4-5-16(13(2)8-12)24-19(21-22-23-24)27-11-14-9-15(20)18-17(10-14)25-6-3-7-26-18/h4-5,8-10H,3,6-7,11H2,1-2H3. The Morgan fingerprint density at radius 2 is 2.00 bits per heavy atom. The first-order valence-electron chi connectivity index (χ1n) is 8.68. The molecule has 27 heavy (non-hydrogen) atoms. The lowest BCUT2D eigenvalue weighted by atomic mass is 10.1. The summed E-state index contributed by atoms with van der Waals surface area (Å²) < 4.78 is 13.2. The average Bonchev–Trinajstić information content (AvgIpc) is 2.96. The number of hydrogen-bond acceptors (Lipinski definition) is 6. The van der Waals surface area contributed by atoms with E-state index in [1.165, 1.54) is 5.56 Å². The SMILES string of the molecule is Cc1ccc(-n2nnnc2SCc2cc(Cl)c3c(c2)OCCCO3)c(C)c1. The van der Waals surface area contributed by atoms with Crippen LogP contribution < -0.4 is 9.47 Å². The lowest BCUT2D eigenvalue weighted by Gasteiger charge is -2.12. The van der Waals surface area contributed by atoms with Crippen LogP contribution in [0.4, 0.5) is 0 Å². The number of thioether (sulfide) groups is 1. The molecule has 0 unspecified atom stereocenters. The molecule has 1 aliphatic rings. The number of benzene rings is 2. The van der Waals surface area contributed by atoms with Crippen molar-refractivity contribution in [1.82, 2.24) is 20.2 Å². The highest BCUT2D eigenvalue weighted by Gasteiger charge is 2.17. The Bertz CT molecular complexity index is 976. The molecule has 0 aliphatic carbocycles. The van der Waals surface area contributed by atoms with E-state index in [9.17, 15) is 0 Å². The number of ether oxygens (including phenoxy) is 2. The lowest BCUT2D eigenvalue weighted by molar-refractivity contribution is 0.297. The third kappa shape index (κ3) is 3.89. The molecule has 0 N–H and O–H groups in total. The van der Waals surface area contributed by atoms with E-state index in [1.807, 2.05) is 18.2 Å². The third-order valence-electron chi connectivity index (χ3n) is 4.25. The van der Waals surface area contributed by atoms with Crippen molar-refractivity contribution in [2.75, 3.05) is 13.2 Å². The van der Waals surface area contributed by atoms with Crippen LogP contribution >= 0.6 is 23.4 Å². The number of aromatic nitrogens is 4. The molecule has 0 bridgehead atoms. The Hall–Kier alpha value is -2.25. The normalized spacial score (nSPS) is 13.4. The van der Waals surface area contributed by atoms with Gasteiger partial charge in [0.25, 0.3) is 0 Å². The van der Waals surface area contributed by atoms with Crippen molar-refractivity contribution in [3.8, 4) is 17.2 Å². The molecule has 4 rings (SSSR count). The quantitative estimate of drug-likeness (QED) is 0.603. The number of fused-ring (bicyclic) bond motifs is 1. The van der Waals surface area contributed by atoms with E-state index in [0.717, 1.165) is 28.4 Å². The van der Waals surface area contributed by atoms with Gasteiger partial charge in [0.05, 0.1) is 23.9 Å². The van der Waals surface area contributed by atoms with Gasteiger partial charge in [0.1, 0.15) is 0 Å². The average molecular weight is 403 g/mol. The second-order valence-electron chi connectivity index (χ2n) is 6.41.